The second-order valence-electron chi connectivity index (χ2n) is 6.83. The topological polar surface area (TPSA) is 94.2 Å². The Balaban J connectivity index is 1.29. The summed E-state index contributed by atoms with van der Waals surface area (Å²) >= 11 is 0. The van der Waals surface area contributed by atoms with Gasteiger partial charge >= 0.3 is 0 Å². The van der Waals surface area contributed by atoms with Crippen molar-refractivity contribution in [2.75, 3.05) is 13.1 Å². The number of aromatic nitrogens is 4. The maximum absolute atomic E-state index is 12.5. The van der Waals surface area contributed by atoms with E-state index in [0.29, 0.717) is 47.4 Å². The summed E-state index contributed by atoms with van der Waals surface area (Å²) in [4.78, 5) is 26.9. The van der Waals surface area contributed by atoms with Crippen molar-refractivity contribution in [2.24, 2.45) is 0 Å². The zero-order chi connectivity index (χ0) is 20.3. The van der Waals surface area contributed by atoms with Gasteiger partial charge in [0.05, 0.1) is 24.8 Å². The maximum atomic E-state index is 12.5. The molecule has 2 aromatic heterocycles. The highest BCUT2D eigenvalue weighted by Gasteiger charge is 2.33. The summed E-state index contributed by atoms with van der Waals surface area (Å²) in [5.41, 5.74) is 1.90. The van der Waals surface area contributed by atoms with Crippen molar-refractivity contribution in [2.45, 2.75) is 6.10 Å². The Bertz CT molecular complexity index is 1160. The summed E-state index contributed by atoms with van der Waals surface area (Å²) in [5, 5.41) is 3.99. The molecule has 1 aliphatic rings. The van der Waals surface area contributed by atoms with Gasteiger partial charge in [0.25, 0.3) is 11.8 Å². The van der Waals surface area contributed by atoms with E-state index in [-0.39, 0.29) is 12.0 Å². The highest BCUT2D eigenvalue weighted by Crippen LogP contribution is 2.31. The van der Waals surface area contributed by atoms with Gasteiger partial charge in [0.2, 0.25) is 5.82 Å². The summed E-state index contributed by atoms with van der Waals surface area (Å²) in [6.07, 6.45) is 4.63. The SMILES string of the molecule is O=C(c1ccccc1)N1CC(Oc2ccccc2-c2nc(-c3cnccn3)no2)C1. The van der Waals surface area contributed by atoms with Crippen molar-refractivity contribution >= 4 is 5.91 Å². The number of ether oxygens (including phenoxy) is 1. The molecule has 30 heavy (non-hydrogen) atoms. The van der Waals surface area contributed by atoms with Crippen LogP contribution in [0.3, 0.4) is 0 Å². The molecule has 0 N–H and O–H groups in total. The average molecular weight is 399 g/mol. The molecular weight excluding hydrogens is 382 g/mol. The highest BCUT2D eigenvalue weighted by molar-refractivity contribution is 5.94. The van der Waals surface area contributed by atoms with Crippen LogP contribution in [0.25, 0.3) is 23.0 Å². The van der Waals surface area contributed by atoms with Crippen LogP contribution in [0.4, 0.5) is 0 Å². The number of carbonyl (C=O) groups excluding carboxylic acids is 1. The van der Waals surface area contributed by atoms with Gasteiger partial charge < -0.3 is 14.2 Å². The third-order valence-corrected chi connectivity index (χ3v) is 4.79. The van der Waals surface area contributed by atoms with Crippen LogP contribution >= 0.6 is 0 Å². The Kier molecular flexibility index (Phi) is 4.65. The summed E-state index contributed by atoms with van der Waals surface area (Å²) in [7, 11) is 0. The van der Waals surface area contributed by atoms with Crippen LogP contribution in [0, 0.1) is 0 Å². The second kappa shape index (κ2) is 7.75. The average Bonchev–Trinajstić information content (AvgIpc) is 3.27. The van der Waals surface area contributed by atoms with Gasteiger partial charge in [0.15, 0.2) is 0 Å². The second-order valence-corrected chi connectivity index (χ2v) is 6.83. The van der Waals surface area contributed by atoms with Crippen molar-refractivity contribution in [3.63, 3.8) is 0 Å². The molecule has 2 aromatic carbocycles. The molecule has 3 heterocycles. The first kappa shape index (κ1) is 18.0. The molecular formula is C22H17N5O3. The van der Waals surface area contributed by atoms with Crippen molar-refractivity contribution in [1.29, 1.82) is 0 Å². The first-order valence-electron chi connectivity index (χ1n) is 9.48. The molecule has 1 aliphatic heterocycles. The van der Waals surface area contributed by atoms with Gasteiger partial charge in [-0.3, -0.25) is 9.78 Å². The molecule has 0 radical (unpaired) electrons. The predicted octanol–water partition coefficient (Wildman–Crippen LogP) is 3.10. The molecule has 0 bridgehead atoms. The van der Waals surface area contributed by atoms with Crippen LogP contribution in [0.15, 0.2) is 77.7 Å². The molecule has 0 aliphatic carbocycles. The summed E-state index contributed by atoms with van der Waals surface area (Å²) in [6.45, 7) is 1.05. The monoisotopic (exact) mass is 399 g/mol. The summed E-state index contributed by atoms with van der Waals surface area (Å²) in [6, 6.07) is 16.7. The third-order valence-electron chi connectivity index (χ3n) is 4.79. The van der Waals surface area contributed by atoms with Crippen molar-refractivity contribution in [3.05, 3.63) is 78.8 Å². The normalized spacial score (nSPS) is 13.7. The van der Waals surface area contributed by atoms with E-state index in [2.05, 4.69) is 20.1 Å². The molecule has 0 unspecified atom stereocenters. The van der Waals surface area contributed by atoms with Gasteiger partial charge in [-0.25, -0.2) is 4.98 Å². The van der Waals surface area contributed by atoms with E-state index in [4.69, 9.17) is 9.26 Å². The smallest absolute Gasteiger partial charge is 0.262 e. The molecule has 5 rings (SSSR count). The number of rotatable bonds is 5. The lowest BCUT2D eigenvalue weighted by Gasteiger charge is -2.39. The first-order chi connectivity index (χ1) is 14.8. The van der Waals surface area contributed by atoms with Crippen LogP contribution in [-0.2, 0) is 0 Å². The van der Waals surface area contributed by atoms with Gasteiger partial charge in [-0.2, -0.15) is 4.98 Å². The van der Waals surface area contributed by atoms with E-state index in [9.17, 15) is 4.79 Å². The van der Waals surface area contributed by atoms with E-state index in [1.165, 1.54) is 0 Å². The highest BCUT2D eigenvalue weighted by atomic mass is 16.5. The Morgan fingerprint density at radius 2 is 1.83 bits per heavy atom. The third kappa shape index (κ3) is 3.50. The standard InChI is InChI=1S/C22H17N5O3/c28-22(15-6-2-1-3-7-15)27-13-16(14-27)29-19-9-5-4-8-17(19)21-25-20(26-30-21)18-12-23-10-11-24-18/h1-12,16H,13-14H2. The van der Waals surface area contributed by atoms with Crippen molar-refractivity contribution < 1.29 is 14.1 Å². The number of amides is 1. The molecule has 0 atom stereocenters. The molecule has 4 aromatic rings. The number of para-hydroxylation sites is 1. The van der Waals surface area contributed by atoms with Gasteiger partial charge in [-0.1, -0.05) is 35.5 Å². The van der Waals surface area contributed by atoms with Gasteiger partial charge in [0, 0.05) is 18.0 Å². The van der Waals surface area contributed by atoms with Crippen LogP contribution in [-0.4, -0.2) is 50.1 Å². The molecule has 1 saturated heterocycles. The molecule has 1 fully saturated rings. The van der Waals surface area contributed by atoms with Gasteiger partial charge in [-0.15, -0.1) is 0 Å². The van der Waals surface area contributed by atoms with Crippen LogP contribution < -0.4 is 4.74 Å². The number of hydrogen-bond acceptors (Lipinski definition) is 7. The number of benzene rings is 2. The van der Waals surface area contributed by atoms with E-state index in [1.807, 2.05) is 54.6 Å². The zero-order valence-corrected chi connectivity index (χ0v) is 15.9. The van der Waals surface area contributed by atoms with E-state index >= 15 is 0 Å². The molecule has 8 heteroatoms. The Morgan fingerprint density at radius 3 is 2.63 bits per heavy atom. The lowest BCUT2D eigenvalue weighted by Crippen LogP contribution is -2.56. The van der Waals surface area contributed by atoms with E-state index in [1.54, 1.807) is 23.5 Å². The van der Waals surface area contributed by atoms with Crippen molar-refractivity contribution in [3.8, 4) is 28.7 Å². The number of nitrogens with zero attached hydrogens (tertiary/aromatic N) is 5. The molecule has 0 spiro atoms. The van der Waals surface area contributed by atoms with Gasteiger partial charge in [-0.05, 0) is 24.3 Å². The maximum Gasteiger partial charge on any atom is 0.262 e. The molecule has 148 valence electrons. The van der Waals surface area contributed by atoms with Crippen molar-refractivity contribution in [1.82, 2.24) is 25.0 Å². The minimum absolute atomic E-state index is 0.00856. The fourth-order valence-electron chi connectivity index (χ4n) is 3.22. The molecule has 0 saturated carbocycles. The van der Waals surface area contributed by atoms with Crippen LogP contribution in [0.2, 0.25) is 0 Å². The fraction of sp³-hybridized carbons (Fsp3) is 0.136. The number of hydrogen-bond donors (Lipinski definition) is 0. The summed E-state index contributed by atoms with van der Waals surface area (Å²) < 4.78 is 11.5. The van der Waals surface area contributed by atoms with E-state index < -0.39 is 0 Å². The quantitative estimate of drug-likeness (QED) is 0.509. The Morgan fingerprint density at radius 1 is 1.03 bits per heavy atom. The summed E-state index contributed by atoms with van der Waals surface area (Å²) in [5.74, 6) is 1.33. The van der Waals surface area contributed by atoms with Crippen LogP contribution in [0.5, 0.6) is 5.75 Å². The first-order valence-corrected chi connectivity index (χ1v) is 9.48. The number of carbonyl (C=O) groups is 1. The Labute approximate surface area is 172 Å². The lowest BCUT2D eigenvalue weighted by molar-refractivity contribution is 0.0179. The van der Waals surface area contributed by atoms with Crippen LogP contribution in [0.1, 0.15) is 10.4 Å². The predicted molar refractivity (Wildman–Crippen MR) is 108 cm³/mol. The Hall–Kier alpha value is -4.07. The zero-order valence-electron chi connectivity index (χ0n) is 15.9. The van der Waals surface area contributed by atoms with E-state index in [0.717, 1.165) is 0 Å². The fourth-order valence-corrected chi connectivity index (χ4v) is 3.22. The lowest BCUT2D eigenvalue weighted by atomic mass is 10.1. The molecule has 8 nitrogen and oxygen atoms in total. The largest absolute Gasteiger partial charge is 0.486 e. The van der Waals surface area contributed by atoms with Gasteiger partial charge in [0.1, 0.15) is 17.5 Å². The minimum Gasteiger partial charge on any atom is -0.486 e. The molecule has 1 amide bonds. The number of likely N-dealkylation sites (tertiary alicyclic amines) is 1. The minimum atomic E-state index is -0.0961.